The van der Waals surface area contributed by atoms with E-state index in [-0.39, 0.29) is 12.0 Å². The molecule has 2 atom stereocenters. The Hall–Kier alpha value is -6.84. The van der Waals surface area contributed by atoms with Crippen LogP contribution in [0.1, 0.15) is 11.5 Å². The van der Waals surface area contributed by atoms with E-state index < -0.39 is 0 Å². The zero-order valence-corrected chi connectivity index (χ0v) is 28.9. The Balaban J connectivity index is 1.15. The molecule has 2 heterocycles. The molecular weight excluding hydrogens is 645 g/mol. The summed E-state index contributed by atoms with van der Waals surface area (Å²) in [6, 6.07) is 61.7. The summed E-state index contributed by atoms with van der Waals surface area (Å²) in [4.78, 5) is 4.96. The van der Waals surface area contributed by atoms with Gasteiger partial charge in [-0.1, -0.05) is 133 Å². The molecule has 1 aliphatic carbocycles. The van der Waals surface area contributed by atoms with Gasteiger partial charge < -0.3 is 14.2 Å². The lowest BCUT2D eigenvalue weighted by Gasteiger charge is -2.30. The summed E-state index contributed by atoms with van der Waals surface area (Å²) in [6.07, 6.45) is 9.09. The average molecular weight is 679 g/mol. The first-order valence-electron chi connectivity index (χ1n) is 18.3. The summed E-state index contributed by atoms with van der Waals surface area (Å²) in [5.74, 6) is 0.264. The van der Waals surface area contributed by atoms with Gasteiger partial charge in [-0.05, 0) is 98.9 Å². The van der Waals surface area contributed by atoms with Crippen molar-refractivity contribution in [1.82, 2.24) is 0 Å². The quantitative estimate of drug-likeness (QED) is 0.181. The highest BCUT2D eigenvalue weighted by molar-refractivity contribution is 6.16. The van der Waals surface area contributed by atoms with Crippen molar-refractivity contribution in [3.63, 3.8) is 0 Å². The molecule has 53 heavy (non-hydrogen) atoms. The van der Waals surface area contributed by atoms with Crippen molar-refractivity contribution >= 4 is 71.9 Å². The van der Waals surface area contributed by atoms with E-state index >= 15 is 0 Å². The molecule has 0 N–H and O–H groups in total. The van der Waals surface area contributed by atoms with Gasteiger partial charge in [-0.3, -0.25) is 0 Å². The van der Waals surface area contributed by atoms with Gasteiger partial charge in [0.15, 0.2) is 0 Å². The van der Waals surface area contributed by atoms with Crippen molar-refractivity contribution < 1.29 is 4.42 Å². The molecule has 0 spiro atoms. The fourth-order valence-corrected chi connectivity index (χ4v) is 8.65. The standard InChI is InChI=1S/C50H34N2O/c1-2-12-33(13-3-1)36-18-10-19-39(28-36)51(46-22-11-23-48-50(46)44-30-37-16-6-7-17-38(37)31-49(44)53-48)41-26-27-43-42-20-8-9-21-45(42)52(47(43)32-41)40-25-24-34-14-4-5-15-35(34)29-40/h1-32,42,45H. The van der Waals surface area contributed by atoms with Gasteiger partial charge in [-0.25, -0.2) is 0 Å². The summed E-state index contributed by atoms with van der Waals surface area (Å²) in [5, 5.41) is 7.07. The summed E-state index contributed by atoms with van der Waals surface area (Å²) >= 11 is 0. The van der Waals surface area contributed by atoms with Crippen LogP contribution in [0.4, 0.5) is 28.4 Å². The molecule has 250 valence electrons. The average Bonchev–Trinajstić information content (AvgIpc) is 3.75. The topological polar surface area (TPSA) is 19.6 Å². The minimum atomic E-state index is 0.191. The molecule has 0 fully saturated rings. The lowest BCUT2D eigenvalue weighted by atomic mass is 9.91. The van der Waals surface area contributed by atoms with Crippen LogP contribution in [0.25, 0.3) is 54.6 Å². The molecule has 2 aliphatic rings. The van der Waals surface area contributed by atoms with E-state index in [4.69, 9.17) is 4.42 Å². The summed E-state index contributed by atoms with van der Waals surface area (Å²) in [5.41, 5.74) is 11.1. The fourth-order valence-electron chi connectivity index (χ4n) is 8.65. The second kappa shape index (κ2) is 11.9. The molecule has 1 aliphatic heterocycles. The normalized spacial score (nSPS) is 16.1. The van der Waals surface area contributed by atoms with Crippen LogP contribution in [0, 0.1) is 0 Å². The number of anilines is 5. The molecule has 3 nitrogen and oxygen atoms in total. The minimum absolute atomic E-state index is 0.191. The predicted octanol–water partition coefficient (Wildman–Crippen LogP) is 13.8. The van der Waals surface area contributed by atoms with E-state index in [1.165, 1.54) is 49.6 Å². The number of fused-ring (bicyclic) bond motifs is 8. The monoisotopic (exact) mass is 678 g/mol. The van der Waals surface area contributed by atoms with Gasteiger partial charge in [0.2, 0.25) is 0 Å². The summed E-state index contributed by atoms with van der Waals surface area (Å²) in [7, 11) is 0. The van der Waals surface area contributed by atoms with Crippen LogP contribution >= 0.6 is 0 Å². The van der Waals surface area contributed by atoms with Gasteiger partial charge in [0.1, 0.15) is 11.2 Å². The molecule has 8 aromatic carbocycles. The van der Waals surface area contributed by atoms with E-state index in [2.05, 4.69) is 204 Å². The molecule has 0 bridgehead atoms. The van der Waals surface area contributed by atoms with Crippen molar-refractivity contribution in [3.8, 4) is 11.1 Å². The third-order valence-corrected chi connectivity index (χ3v) is 11.1. The largest absolute Gasteiger partial charge is 0.456 e. The van der Waals surface area contributed by atoms with Crippen molar-refractivity contribution in [2.75, 3.05) is 9.80 Å². The second-order valence-electron chi connectivity index (χ2n) is 14.1. The van der Waals surface area contributed by atoms with Crippen LogP contribution < -0.4 is 9.80 Å². The number of benzene rings is 8. The SMILES string of the molecule is C1=CC2c3ccc(N(c4cccc(-c5ccccc5)c4)c4cccc5oc6cc7ccccc7cc6c45)cc3N(c3ccc4ccccc4c3)C2C=C1. The molecule has 2 unspecified atom stereocenters. The summed E-state index contributed by atoms with van der Waals surface area (Å²) in [6.45, 7) is 0. The first-order valence-corrected chi connectivity index (χ1v) is 18.3. The fraction of sp³-hybridized carbons (Fsp3) is 0.0400. The zero-order chi connectivity index (χ0) is 34.9. The van der Waals surface area contributed by atoms with Crippen LogP contribution in [0.15, 0.2) is 199 Å². The van der Waals surface area contributed by atoms with Gasteiger partial charge in [0.05, 0.1) is 17.1 Å². The Bertz CT molecular complexity index is 2940. The zero-order valence-electron chi connectivity index (χ0n) is 28.9. The molecule has 0 saturated carbocycles. The van der Waals surface area contributed by atoms with Crippen LogP contribution in [-0.4, -0.2) is 6.04 Å². The number of hydrogen-bond acceptors (Lipinski definition) is 3. The molecule has 0 amide bonds. The highest BCUT2D eigenvalue weighted by atomic mass is 16.3. The molecule has 11 rings (SSSR count). The molecule has 1 aromatic heterocycles. The first-order chi connectivity index (χ1) is 26.3. The lowest BCUT2D eigenvalue weighted by molar-refractivity contribution is 0.669. The third-order valence-electron chi connectivity index (χ3n) is 11.1. The van der Waals surface area contributed by atoms with Crippen molar-refractivity contribution in [2.45, 2.75) is 12.0 Å². The van der Waals surface area contributed by atoms with Gasteiger partial charge in [-0.15, -0.1) is 0 Å². The predicted molar refractivity (Wildman–Crippen MR) is 222 cm³/mol. The Morgan fingerprint density at radius 2 is 1.21 bits per heavy atom. The van der Waals surface area contributed by atoms with Crippen molar-refractivity contribution in [2.24, 2.45) is 0 Å². The van der Waals surface area contributed by atoms with Gasteiger partial charge in [0.25, 0.3) is 0 Å². The van der Waals surface area contributed by atoms with E-state index in [1.54, 1.807) is 0 Å². The first kappa shape index (κ1) is 29.8. The minimum Gasteiger partial charge on any atom is -0.456 e. The smallest absolute Gasteiger partial charge is 0.137 e. The number of rotatable bonds is 5. The Morgan fingerprint density at radius 3 is 2.08 bits per heavy atom. The van der Waals surface area contributed by atoms with E-state index in [0.717, 1.165) is 39.0 Å². The molecule has 3 heteroatoms. The molecule has 0 radical (unpaired) electrons. The number of allylic oxidation sites excluding steroid dienone is 2. The lowest BCUT2D eigenvalue weighted by Crippen LogP contribution is -2.28. The van der Waals surface area contributed by atoms with E-state index in [1.807, 2.05) is 0 Å². The molecule has 9 aromatic rings. The maximum atomic E-state index is 6.61. The second-order valence-corrected chi connectivity index (χ2v) is 14.1. The number of furan rings is 1. The van der Waals surface area contributed by atoms with Crippen LogP contribution in [-0.2, 0) is 0 Å². The molecular formula is C50H34N2O. The Labute approximate surface area is 307 Å². The maximum absolute atomic E-state index is 6.61. The summed E-state index contributed by atoms with van der Waals surface area (Å²) < 4.78 is 6.61. The number of nitrogens with zero attached hydrogens (tertiary/aromatic N) is 2. The number of hydrogen-bond donors (Lipinski definition) is 0. The Kier molecular flexibility index (Phi) is 6.68. The van der Waals surface area contributed by atoms with E-state index in [9.17, 15) is 0 Å². The van der Waals surface area contributed by atoms with Crippen molar-refractivity contribution in [1.29, 1.82) is 0 Å². The Morgan fingerprint density at radius 1 is 0.491 bits per heavy atom. The van der Waals surface area contributed by atoms with Crippen molar-refractivity contribution in [3.05, 3.63) is 200 Å². The van der Waals surface area contributed by atoms with Crippen LogP contribution in [0.5, 0.6) is 0 Å². The molecule has 0 saturated heterocycles. The highest BCUT2D eigenvalue weighted by Crippen LogP contribution is 2.51. The van der Waals surface area contributed by atoms with Gasteiger partial charge >= 0.3 is 0 Å². The maximum Gasteiger partial charge on any atom is 0.137 e. The highest BCUT2D eigenvalue weighted by Gasteiger charge is 2.38. The van der Waals surface area contributed by atoms with Gasteiger partial charge in [0, 0.05) is 34.1 Å². The third kappa shape index (κ3) is 4.82. The van der Waals surface area contributed by atoms with Crippen LogP contribution in [0.3, 0.4) is 0 Å². The van der Waals surface area contributed by atoms with E-state index in [0.29, 0.717) is 0 Å². The van der Waals surface area contributed by atoms with Crippen LogP contribution in [0.2, 0.25) is 0 Å². The van der Waals surface area contributed by atoms with Gasteiger partial charge in [-0.2, -0.15) is 0 Å².